The normalized spacial score (nSPS) is 14.3. The average molecular weight is 437 g/mol. The van der Waals surface area contributed by atoms with Crippen molar-refractivity contribution in [1.82, 2.24) is 9.88 Å². The first-order valence-electron chi connectivity index (χ1n) is 10.7. The van der Waals surface area contributed by atoms with E-state index in [9.17, 15) is 4.79 Å². The van der Waals surface area contributed by atoms with Crippen LogP contribution in [0.1, 0.15) is 17.4 Å². The monoisotopic (exact) mass is 436 g/mol. The fourth-order valence-corrected chi connectivity index (χ4v) is 3.86. The van der Waals surface area contributed by atoms with Gasteiger partial charge in [0.25, 0.3) is 5.91 Å². The zero-order valence-electron chi connectivity index (χ0n) is 18.6. The summed E-state index contributed by atoms with van der Waals surface area (Å²) < 4.78 is 16.1. The van der Waals surface area contributed by atoms with Gasteiger partial charge in [-0.3, -0.25) is 4.79 Å². The molecule has 0 atom stereocenters. The predicted molar refractivity (Wildman–Crippen MR) is 124 cm³/mol. The largest absolute Gasteiger partial charge is 0.493 e. The molecule has 8 nitrogen and oxygen atoms in total. The van der Waals surface area contributed by atoms with Crippen molar-refractivity contribution in [3.8, 4) is 22.8 Å². The van der Waals surface area contributed by atoms with E-state index in [1.807, 2.05) is 24.3 Å². The summed E-state index contributed by atoms with van der Waals surface area (Å²) in [7, 11) is 3.13. The van der Waals surface area contributed by atoms with Crippen molar-refractivity contribution in [2.45, 2.75) is 6.92 Å². The Hall–Kier alpha value is -3.52. The first-order valence-corrected chi connectivity index (χ1v) is 10.7. The van der Waals surface area contributed by atoms with Gasteiger partial charge in [-0.1, -0.05) is 6.92 Å². The number of aromatic nitrogens is 1. The van der Waals surface area contributed by atoms with E-state index in [-0.39, 0.29) is 11.6 Å². The summed E-state index contributed by atoms with van der Waals surface area (Å²) in [5.74, 6) is 1.17. The second kappa shape index (κ2) is 9.74. The SMILES string of the molecule is CCN1CCN(c2ccc(NC(=O)c3ncoc3-c3ccc(OC)c(OC)c3)cc2)CC1. The van der Waals surface area contributed by atoms with Crippen LogP contribution in [0, 0.1) is 0 Å². The molecule has 2 aromatic carbocycles. The van der Waals surface area contributed by atoms with Gasteiger partial charge in [-0.25, -0.2) is 4.98 Å². The zero-order valence-corrected chi connectivity index (χ0v) is 18.6. The van der Waals surface area contributed by atoms with Gasteiger partial charge in [0.2, 0.25) is 0 Å². The standard InChI is InChI=1S/C24H28N4O4/c1-4-27-11-13-28(14-12-27)19-8-6-18(7-9-19)26-24(29)22-23(32-16-25-22)17-5-10-20(30-2)21(15-17)31-3/h5-10,15-16H,4,11-14H2,1-3H3,(H,26,29). The highest BCUT2D eigenvalue weighted by atomic mass is 16.5. The van der Waals surface area contributed by atoms with Crippen molar-refractivity contribution in [1.29, 1.82) is 0 Å². The summed E-state index contributed by atoms with van der Waals surface area (Å²) in [4.78, 5) is 21.8. The minimum atomic E-state index is -0.340. The summed E-state index contributed by atoms with van der Waals surface area (Å²) in [5, 5.41) is 2.91. The second-order valence-electron chi connectivity index (χ2n) is 7.52. The molecule has 0 aliphatic carbocycles. The van der Waals surface area contributed by atoms with Crippen LogP contribution in [-0.2, 0) is 0 Å². The van der Waals surface area contributed by atoms with Gasteiger partial charge in [0.1, 0.15) is 0 Å². The summed E-state index contributed by atoms with van der Waals surface area (Å²) in [6.45, 7) is 7.44. The van der Waals surface area contributed by atoms with Gasteiger partial charge in [-0.2, -0.15) is 0 Å². The van der Waals surface area contributed by atoms with Crippen LogP contribution in [-0.4, -0.2) is 62.7 Å². The molecule has 32 heavy (non-hydrogen) atoms. The third-order valence-corrected chi connectivity index (χ3v) is 5.74. The number of nitrogens with zero attached hydrogens (tertiary/aromatic N) is 3. The molecule has 1 aliphatic rings. The minimum absolute atomic E-state index is 0.206. The van der Waals surface area contributed by atoms with Crippen LogP contribution in [0.15, 0.2) is 53.3 Å². The summed E-state index contributed by atoms with van der Waals surface area (Å²) in [6, 6.07) is 13.2. The van der Waals surface area contributed by atoms with Crippen LogP contribution in [0.4, 0.5) is 11.4 Å². The zero-order chi connectivity index (χ0) is 22.5. The summed E-state index contributed by atoms with van der Waals surface area (Å²) in [6.07, 6.45) is 1.26. The van der Waals surface area contributed by atoms with Crippen LogP contribution < -0.4 is 19.7 Å². The van der Waals surface area contributed by atoms with E-state index in [1.165, 1.54) is 6.39 Å². The van der Waals surface area contributed by atoms with Gasteiger partial charge in [-0.15, -0.1) is 0 Å². The number of methoxy groups -OCH3 is 2. The molecule has 1 aromatic heterocycles. The number of anilines is 2. The predicted octanol–water partition coefficient (Wildman–Crippen LogP) is 3.75. The lowest BCUT2D eigenvalue weighted by molar-refractivity contribution is 0.102. The molecule has 1 amide bonds. The molecule has 4 rings (SSSR count). The lowest BCUT2D eigenvalue weighted by atomic mass is 10.1. The van der Waals surface area contributed by atoms with Crippen molar-refractivity contribution < 1.29 is 18.7 Å². The Morgan fingerprint density at radius 1 is 1.03 bits per heavy atom. The number of piperazine rings is 1. The molecule has 8 heteroatoms. The number of ether oxygens (including phenoxy) is 2. The van der Waals surface area contributed by atoms with Gasteiger partial charge in [0, 0.05) is 43.1 Å². The third-order valence-electron chi connectivity index (χ3n) is 5.74. The van der Waals surface area contributed by atoms with E-state index in [4.69, 9.17) is 13.9 Å². The topological polar surface area (TPSA) is 80.1 Å². The molecule has 0 bridgehead atoms. The lowest BCUT2D eigenvalue weighted by Crippen LogP contribution is -2.46. The van der Waals surface area contributed by atoms with E-state index in [1.54, 1.807) is 32.4 Å². The Kier molecular flexibility index (Phi) is 6.61. The first kappa shape index (κ1) is 21.7. The van der Waals surface area contributed by atoms with Crippen LogP contribution in [0.2, 0.25) is 0 Å². The van der Waals surface area contributed by atoms with Gasteiger partial charge in [0.05, 0.1) is 14.2 Å². The third kappa shape index (κ3) is 4.55. The fourth-order valence-electron chi connectivity index (χ4n) is 3.86. The first-order chi connectivity index (χ1) is 15.6. The van der Waals surface area contributed by atoms with E-state index in [0.29, 0.717) is 28.5 Å². The molecule has 2 heterocycles. The van der Waals surface area contributed by atoms with Gasteiger partial charge in [-0.05, 0) is 49.0 Å². The number of amides is 1. The smallest absolute Gasteiger partial charge is 0.278 e. The van der Waals surface area contributed by atoms with Crippen LogP contribution >= 0.6 is 0 Å². The van der Waals surface area contributed by atoms with Crippen LogP contribution in [0.3, 0.4) is 0 Å². The average Bonchev–Trinajstić information content (AvgIpc) is 3.34. The minimum Gasteiger partial charge on any atom is -0.493 e. The maximum absolute atomic E-state index is 12.9. The quantitative estimate of drug-likeness (QED) is 0.604. The molecule has 1 N–H and O–H groups in total. The Morgan fingerprint density at radius 2 is 1.75 bits per heavy atom. The molecular weight excluding hydrogens is 408 g/mol. The number of nitrogens with one attached hydrogen (secondary N) is 1. The Balaban J connectivity index is 1.46. The maximum Gasteiger partial charge on any atom is 0.278 e. The number of oxazole rings is 1. The van der Waals surface area contributed by atoms with Crippen molar-refractivity contribution in [3.63, 3.8) is 0 Å². The Bertz CT molecular complexity index is 1060. The van der Waals surface area contributed by atoms with E-state index in [2.05, 4.69) is 27.0 Å². The fraction of sp³-hybridized carbons (Fsp3) is 0.333. The molecule has 168 valence electrons. The van der Waals surface area contributed by atoms with Crippen molar-refractivity contribution >= 4 is 17.3 Å². The van der Waals surface area contributed by atoms with Gasteiger partial charge >= 0.3 is 0 Å². The highest BCUT2D eigenvalue weighted by Crippen LogP contribution is 2.33. The highest BCUT2D eigenvalue weighted by Gasteiger charge is 2.20. The maximum atomic E-state index is 12.9. The summed E-state index contributed by atoms with van der Waals surface area (Å²) >= 11 is 0. The molecule has 0 radical (unpaired) electrons. The highest BCUT2D eigenvalue weighted by molar-refractivity contribution is 6.06. The van der Waals surface area contributed by atoms with Gasteiger partial charge < -0.3 is 29.0 Å². The number of benzene rings is 2. The molecular formula is C24H28N4O4. The van der Waals surface area contributed by atoms with Crippen molar-refractivity contribution in [2.24, 2.45) is 0 Å². The number of hydrogen-bond donors (Lipinski definition) is 1. The number of likely N-dealkylation sites (N-methyl/N-ethyl adjacent to an activating group) is 1. The molecule has 1 fully saturated rings. The molecule has 1 aliphatic heterocycles. The lowest BCUT2D eigenvalue weighted by Gasteiger charge is -2.35. The summed E-state index contributed by atoms with van der Waals surface area (Å²) in [5.41, 5.74) is 2.74. The van der Waals surface area contributed by atoms with Gasteiger partial charge in [0.15, 0.2) is 29.3 Å². The molecule has 0 unspecified atom stereocenters. The van der Waals surface area contributed by atoms with Crippen molar-refractivity contribution in [2.75, 3.05) is 57.2 Å². The second-order valence-corrected chi connectivity index (χ2v) is 7.52. The molecule has 0 spiro atoms. The van der Waals surface area contributed by atoms with E-state index >= 15 is 0 Å². The van der Waals surface area contributed by atoms with Crippen LogP contribution in [0.5, 0.6) is 11.5 Å². The molecule has 3 aromatic rings. The van der Waals surface area contributed by atoms with Crippen LogP contribution in [0.25, 0.3) is 11.3 Å². The number of carbonyl (C=O) groups is 1. The molecule has 0 saturated carbocycles. The van der Waals surface area contributed by atoms with E-state index in [0.717, 1.165) is 38.4 Å². The number of carbonyl (C=O) groups excluding carboxylic acids is 1. The van der Waals surface area contributed by atoms with E-state index < -0.39 is 0 Å². The molecule has 1 saturated heterocycles. The van der Waals surface area contributed by atoms with Crippen molar-refractivity contribution in [3.05, 3.63) is 54.6 Å². The number of rotatable bonds is 7. The number of hydrogen-bond acceptors (Lipinski definition) is 7. The Labute approximate surface area is 187 Å². The Morgan fingerprint density at radius 3 is 2.41 bits per heavy atom.